The third-order valence-electron chi connectivity index (χ3n) is 4.02. The van der Waals surface area contributed by atoms with Gasteiger partial charge in [0.15, 0.2) is 6.61 Å². The Morgan fingerprint density at radius 1 is 1.28 bits per heavy atom. The Bertz CT molecular complexity index is 833. The predicted octanol–water partition coefficient (Wildman–Crippen LogP) is 2.11. The molecule has 0 aliphatic heterocycles. The number of nitrogens with zero attached hydrogens (tertiary/aromatic N) is 1. The second kappa shape index (κ2) is 11.3. The van der Waals surface area contributed by atoms with Gasteiger partial charge >= 0.3 is 0 Å². The molecule has 1 atom stereocenters. The highest BCUT2D eigenvalue weighted by Gasteiger charge is 2.11. The first-order valence-corrected chi connectivity index (χ1v) is 9.52. The maximum Gasteiger partial charge on any atom is 0.269 e. The van der Waals surface area contributed by atoms with Gasteiger partial charge in [-0.3, -0.25) is 14.6 Å². The van der Waals surface area contributed by atoms with Crippen LogP contribution in [0.25, 0.3) is 0 Å². The van der Waals surface area contributed by atoms with Crippen LogP contribution in [-0.4, -0.2) is 47.7 Å². The molecule has 0 bridgehead atoms. The fourth-order valence-electron chi connectivity index (χ4n) is 2.31. The number of hydrogen-bond donors (Lipinski definition) is 3. The SMILES string of the molecule is CCc1ccc(C(=O)NCC[C@H](O)CNC(=O)COc2ccc(Cl)c(F)c2)nc1. The van der Waals surface area contributed by atoms with Gasteiger partial charge in [0.05, 0.1) is 11.1 Å². The van der Waals surface area contributed by atoms with Crippen LogP contribution in [0.15, 0.2) is 36.5 Å². The molecule has 0 aliphatic carbocycles. The van der Waals surface area contributed by atoms with E-state index in [0.29, 0.717) is 5.69 Å². The molecule has 0 radical (unpaired) electrons. The third kappa shape index (κ3) is 7.67. The van der Waals surface area contributed by atoms with Gasteiger partial charge in [-0.15, -0.1) is 0 Å². The standard InChI is InChI=1S/C20H23ClFN3O4/c1-2-13-3-6-18(24-10-13)20(28)23-8-7-14(26)11-25-19(27)12-29-15-4-5-16(21)17(22)9-15/h3-6,9-10,14,26H,2,7-8,11-12H2,1H3,(H,23,28)(H,25,27)/t14-/m0/s1. The molecule has 0 aliphatic rings. The summed E-state index contributed by atoms with van der Waals surface area (Å²) in [4.78, 5) is 27.8. The molecule has 7 nitrogen and oxygen atoms in total. The second-order valence-corrected chi connectivity index (χ2v) is 6.68. The van der Waals surface area contributed by atoms with Crippen molar-refractivity contribution in [3.8, 4) is 5.75 Å². The summed E-state index contributed by atoms with van der Waals surface area (Å²) < 4.78 is 18.5. The van der Waals surface area contributed by atoms with Gasteiger partial charge in [-0.2, -0.15) is 0 Å². The zero-order valence-corrected chi connectivity index (χ0v) is 16.7. The highest BCUT2D eigenvalue weighted by atomic mass is 35.5. The van der Waals surface area contributed by atoms with Crippen LogP contribution < -0.4 is 15.4 Å². The maximum atomic E-state index is 13.3. The average molecular weight is 424 g/mol. The van der Waals surface area contributed by atoms with Crippen LogP contribution in [0.5, 0.6) is 5.75 Å². The number of carbonyl (C=O) groups excluding carboxylic acids is 2. The topological polar surface area (TPSA) is 101 Å². The average Bonchev–Trinajstić information content (AvgIpc) is 2.73. The Morgan fingerprint density at radius 2 is 2.07 bits per heavy atom. The van der Waals surface area contributed by atoms with Crippen LogP contribution >= 0.6 is 11.6 Å². The van der Waals surface area contributed by atoms with E-state index in [0.717, 1.165) is 18.1 Å². The first-order valence-electron chi connectivity index (χ1n) is 9.14. The Kier molecular flexibility index (Phi) is 8.82. The molecule has 156 valence electrons. The molecule has 3 N–H and O–H groups in total. The molecule has 2 rings (SSSR count). The summed E-state index contributed by atoms with van der Waals surface area (Å²) in [5.41, 5.74) is 1.35. The number of aryl methyl sites for hydroxylation is 1. The van der Waals surface area contributed by atoms with E-state index < -0.39 is 17.8 Å². The van der Waals surface area contributed by atoms with E-state index in [-0.39, 0.29) is 42.8 Å². The molecule has 29 heavy (non-hydrogen) atoms. The number of carbonyl (C=O) groups is 2. The summed E-state index contributed by atoms with van der Waals surface area (Å²) in [6.45, 7) is 1.90. The predicted molar refractivity (Wildman–Crippen MR) is 106 cm³/mol. The highest BCUT2D eigenvalue weighted by Crippen LogP contribution is 2.20. The van der Waals surface area contributed by atoms with Crippen LogP contribution in [0, 0.1) is 5.82 Å². The molecule has 0 spiro atoms. The van der Waals surface area contributed by atoms with Gasteiger partial charge in [0.25, 0.3) is 11.8 Å². The fourth-order valence-corrected chi connectivity index (χ4v) is 2.43. The number of benzene rings is 1. The van der Waals surface area contributed by atoms with Gasteiger partial charge in [0.2, 0.25) is 0 Å². The van der Waals surface area contributed by atoms with Crippen LogP contribution in [-0.2, 0) is 11.2 Å². The number of pyridine rings is 1. The van der Waals surface area contributed by atoms with Crippen molar-refractivity contribution in [2.24, 2.45) is 0 Å². The lowest BCUT2D eigenvalue weighted by Crippen LogP contribution is -2.37. The largest absolute Gasteiger partial charge is 0.484 e. The number of aromatic nitrogens is 1. The lowest BCUT2D eigenvalue weighted by molar-refractivity contribution is -0.123. The molecule has 1 aromatic carbocycles. The Labute approximate surface area is 173 Å². The number of ether oxygens (including phenoxy) is 1. The van der Waals surface area contributed by atoms with Crippen molar-refractivity contribution in [2.75, 3.05) is 19.7 Å². The zero-order chi connectivity index (χ0) is 21.2. The van der Waals surface area contributed by atoms with Crippen molar-refractivity contribution in [1.82, 2.24) is 15.6 Å². The number of aliphatic hydroxyl groups excluding tert-OH is 1. The van der Waals surface area contributed by atoms with Crippen LogP contribution in [0.4, 0.5) is 4.39 Å². The number of rotatable bonds is 10. The van der Waals surface area contributed by atoms with Crippen LogP contribution in [0.3, 0.4) is 0 Å². The fraction of sp³-hybridized carbons (Fsp3) is 0.350. The minimum atomic E-state index is -0.845. The van der Waals surface area contributed by atoms with Gasteiger partial charge in [0.1, 0.15) is 17.3 Å². The summed E-state index contributed by atoms with van der Waals surface area (Å²) in [5.74, 6) is -1.26. The number of amides is 2. The summed E-state index contributed by atoms with van der Waals surface area (Å²) in [6, 6.07) is 7.35. The minimum absolute atomic E-state index is 0.00348. The van der Waals surface area contributed by atoms with Crippen molar-refractivity contribution in [1.29, 1.82) is 0 Å². The first kappa shape index (κ1) is 22.6. The smallest absolute Gasteiger partial charge is 0.269 e. The second-order valence-electron chi connectivity index (χ2n) is 6.27. The lowest BCUT2D eigenvalue weighted by atomic mass is 10.2. The minimum Gasteiger partial charge on any atom is -0.484 e. The first-order chi connectivity index (χ1) is 13.9. The van der Waals surface area contributed by atoms with Crippen molar-refractivity contribution in [3.63, 3.8) is 0 Å². The summed E-state index contributed by atoms with van der Waals surface area (Å²) in [6.07, 6.45) is 1.90. The molecule has 0 unspecified atom stereocenters. The summed E-state index contributed by atoms with van der Waals surface area (Å²) >= 11 is 5.57. The molecule has 2 aromatic rings. The van der Waals surface area contributed by atoms with Crippen LogP contribution in [0.1, 0.15) is 29.4 Å². The summed E-state index contributed by atoms with van der Waals surface area (Å²) in [5, 5.41) is 15.0. The van der Waals surface area contributed by atoms with E-state index in [1.165, 1.54) is 12.1 Å². The number of halogens is 2. The van der Waals surface area contributed by atoms with Gasteiger partial charge in [0, 0.05) is 25.4 Å². The maximum absolute atomic E-state index is 13.3. The molecular formula is C20H23ClFN3O4. The Hall–Kier alpha value is -2.71. The molecule has 0 saturated heterocycles. The number of nitrogens with one attached hydrogen (secondary N) is 2. The van der Waals surface area contributed by atoms with Gasteiger partial charge < -0.3 is 20.5 Å². The monoisotopic (exact) mass is 423 g/mol. The van der Waals surface area contributed by atoms with Crippen LogP contribution in [0.2, 0.25) is 5.02 Å². The third-order valence-corrected chi connectivity index (χ3v) is 4.33. The van der Waals surface area contributed by atoms with E-state index in [1.54, 1.807) is 12.3 Å². The van der Waals surface area contributed by atoms with E-state index in [1.807, 2.05) is 13.0 Å². The lowest BCUT2D eigenvalue weighted by Gasteiger charge is -2.13. The number of hydrogen-bond acceptors (Lipinski definition) is 5. The molecule has 1 heterocycles. The van der Waals surface area contributed by atoms with Gasteiger partial charge in [-0.1, -0.05) is 24.6 Å². The van der Waals surface area contributed by atoms with Crippen molar-refractivity contribution < 1.29 is 23.8 Å². The molecule has 1 aromatic heterocycles. The van der Waals surface area contributed by atoms with Gasteiger partial charge in [-0.25, -0.2) is 4.39 Å². The van der Waals surface area contributed by atoms with Gasteiger partial charge in [-0.05, 0) is 36.6 Å². The Morgan fingerprint density at radius 3 is 2.72 bits per heavy atom. The molecule has 2 amide bonds. The van der Waals surface area contributed by atoms with E-state index >= 15 is 0 Å². The summed E-state index contributed by atoms with van der Waals surface area (Å²) in [7, 11) is 0. The number of aliphatic hydroxyl groups is 1. The molecule has 0 saturated carbocycles. The highest BCUT2D eigenvalue weighted by molar-refractivity contribution is 6.30. The van der Waals surface area contributed by atoms with Crippen molar-refractivity contribution in [3.05, 3.63) is 58.6 Å². The van der Waals surface area contributed by atoms with E-state index in [4.69, 9.17) is 16.3 Å². The molecule has 9 heteroatoms. The normalized spacial score (nSPS) is 11.6. The van der Waals surface area contributed by atoms with Crippen molar-refractivity contribution >= 4 is 23.4 Å². The molecule has 0 fully saturated rings. The van der Waals surface area contributed by atoms with E-state index in [2.05, 4.69) is 15.6 Å². The van der Waals surface area contributed by atoms with Crippen molar-refractivity contribution in [2.45, 2.75) is 25.9 Å². The zero-order valence-electron chi connectivity index (χ0n) is 16.0. The quantitative estimate of drug-likeness (QED) is 0.543. The Balaban J connectivity index is 1.63. The molecular weight excluding hydrogens is 401 g/mol. The van der Waals surface area contributed by atoms with E-state index in [9.17, 15) is 19.1 Å².